The molecule has 1 aliphatic heterocycles. The molecule has 1 aromatic rings. The molecule has 124 valence electrons. The largest absolute Gasteiger partial charge is 0.481 e. The van der Waals surface area contributed by atoms with E-state index < -0.39 is 27.1 Å². The molecular weight excluding hydrogens is 366 g/mol. The quantitative estimate of drug-likeness (QED) is 0.432. The summed E-state index contributed by atoms with van der Waals surface area (Å²) in [6.07, 6.45) is 1.50. The van der Waals surface area contributed by atoms with E-state index in [4.69, 9.17) is 26.3 Å². The van der Waals surface area contributed by atoms with Gasteiger partial charge in [0.1, 0.15) is 10.1 Å². The van der Waals surface area contributed by atoms with Crippen molar-refractivity contribution in [3.8, 4) is 0 Å². The second-order valence-corrected chi connectivity index (χ2v) is 7.49. The molecule has 1 amide bonds. The Balaban J connectivity index is 2.12. The topological polar surface area (TPSA) is 125 Å². The monoisotopic (exact) mass is 377 g/mol. The van der Waals surface area contributed by atoms with Crippen LogP contribution >= 0.6 is 24.0 Å². The first-order valence-corrected chi connectivity index (χ1v) is 8.89. The molecular formula is C12H11NO7S3. The fourth-order valence-corrected chi connectivity index (χ4v) is 3.49. The van der Waals surface area contributed by atoms with E-state index in [0.29, 0.717) is 0 Å². The lowest BCUT2D eigenvalue weighted by Crippen LogP contribution is -2.29. The summed E-state index contributed by atoms with van der Waals surface area (Å²) >= 11 is 6.07. The third-order valence-corrected chi connectivity index (χ3v) is 4.88. The average molecular weight is 377 g/mol. The van der Waals surface area contributed by atoms with E-state index in [2.05, 4.69) is 0 Å². The molecule has 0 spiro atoms. The molecule has 0 saturated carbocycles. The van der Waals surface area contributed by atoms with Crippen LogP contribution in [0.4, 0.5) is 0 Å². The highest BCUT2D eigenvalue weighted by molar-refractivity contribution is 8.26. The van der Waals surface area contributed by atoms with Crippen molar-refractivity contribution in [1.82, 2.24) is 4.90 Å². The summed E-state index contributed by atoms with van der Waals surface area (Å²) in [5.41, 5.74) is 0. The van der Waals surface area contributed by atoms with Crippen molar-refractivity contribution in [3.63, 3.8) is 0 Å². The maximum Gasteiger partial charge on any atom is 0.328 e. The maximum atomic E-state index is 12.2. The summed E-state index contributed by atoms with van der Waals surface area (Å²) in [4.78, 5) is 24.2. The third kappa shape index (κ3) is 4.41. The van der Waals surface area contributed by atoms with Gasteiger partial charge in [-0.3, -0.25) is 19.0 Å². The summed E-state index contributed by atoms with van der Waals surface area (Å²) in [5, 5.41) is 7.97. The van der Waals surface area contributed by atoms with Gasteiger partial charge in [0.25, 0.3) is 5.91 Å². The summed E-state index contributed by atoms with van der Waals surface area (Å²) in [6, 6.07) is 2.36. The van der Waals surface area contributed by atoms with Crippen LogP contribution in [0, 0.1) is 0 Å². The maximum absolute atomic E-state index is 12.2. The molecule has 0 aliphatic carbocycles. The normalized spacial score (nSPS) is 17.3. The predicted molar refractivity (Wildman–Crippen MR) is 85.3 cm³/mol. The van der Waals surface area contributed by atoms with E-state index in [-0.39, 0.29) is 34.4 Å². The summed E-state index contributed by atoms with van der Waals surface area (Å²) in [5.74, 6) is -1.29. The Morgan fingerprint density at radius 3 is 2.70 bits per heavy atom. The minimum Gasteiger partial charge on any atom is -0.481 e. The lowest BCUT2D eigenvalue weighted by molar-refractivity contribution is -0.137. The van der Waals surface area contributed by atoms with Gasteiger partial charge < -0.3 is 9.52 Å². The van der Waals surface area contributed by atoms with Gasteiger partial charge in [0.05, 0.1) is 4.91 Å². The second-order valence-electron chi connectivity index (χ2n) is 4.46. The Hall–Kier alpha value is -1.69. The van der Waals surface area contributed by atoms with Crippen LogP contribution in [0.1, 0.15) is 18.6 Å². The number of nitrogens with zero attached hydrogens (tertiary/aromatic N) is 1. The lowest BCUT2D eigenvalue weighted by Gasteiger charge is -2.12. The van der Waals surface area contributed by atoms with Gasteiger partial charge in [-0.15, -0.1) is 0 Å². The molecule has 1 aliphatic rings. The number of thiocarbonyl (C=S) groups is 1. The van der Waals surface area contributed by atoms with Crippen molar-refractivity contribution in [2.24, 2.45) is 0 Å². The molecule has 2 N–H and O–H groups in total. The minimum atomic E-state index is -4.45. The van der Waals surface area contributed by atoms with Crippen molar-refractivity contribution in [3.05, 3.63) is 22.8 Å². The number of rotatable bonds is 6. The van der Waals surface area contributed by atoms with E-state index in [9.17, 15) is 18.0 Å². The van der Waals surface area contributed by atoms with Gasteiger partial charge in [-0.2, -0.15) is 8.42 Å². The van der Waals surface area contributed by atoms with Gasteiger partial charge in [0, 0.05) is 19.0 Å². The van der Waals surface area contributed by atoms with Crippen molar-refractivity contribution in [2.75, 3.05) is 6.54 Å². The van der Waals surface area contributed by atoms with Crippen LogP contribution in [0.5, 0.6) is 0 Å². The molecule has 0 unspecified atom stereocenters. The standard InChI is InChI=1S/C12H11NO7S3/c14-9(15)2-1-5-13-11(16)8(22-12(13)21)6-7-3-4-10(20-7)23(17,18)19/h3-4,6H,1-2,5H2,(H,14,15)(H,17,18,19)/b8-6+. The van der Waals surface area contributed by atoms with Crippen molar-refractivity contribution >= 4 is 56.4 Å². The molecule has 0 radical (unpaired) electrons. The molecule has 11 heteroatoms. The molecule has 1 aromatic heterocycles. The minimum absolute atomic E-state index is 0.0728. The number of carboxylic acid groups (broad SMARTS) is 1. The lowest BCUT2D eigenvalue weighted by atomic mass is 10.3. The number of carboxylic acids is 1. The van der Waals surface area contributed by atoms with Crippen molar-refractivity contribution in [2.45, 2.75) is 17.9 Å². The third-order valence-electron chi connectivity index (χ3n) is 2.78. The first-order valence-electron chi connectivity index (χ1n) is 6.23. The van der Waals surface area contributed by atoms with Gasteiger partial charge in [0.15, 0.2) is 0 Å². The number of thioether (sulfide) groups is 1. The molecule has 0 bridgehead atoms. The Labute approximate surface area is 140 Å². The van der Waals surface area contributed by atoms with Crippen LogP contribution < -0.4 is 0 Å². The first kappa shape index (κ1) is 17.7. The van der Waals surface area contributed by atoms with Gasteiger partial charge in [-0.25, -0.2) is 0 Å². The molecule has 0 atom stereocenters. The van der Waals surface area contributed by atoms with E-state index in [0.717, 1.165) is 17.8 Å². The van der Waals surface area contributed by atoms with Gasteiger partial charge in [0.2, 0.25) is 5.09 Å². The van der Waals surface area contributed by atoms with Gasteiger partial charge in [-0.1, -0.05) is 24.0 Å². The zero-order valence-corrected chi connectivity index (χ0v) is 13.9. The molecule has 1 saturated heterocycles. The number of carbonyl (C=O) groups is 2. The Kier molecular flexibility index (Phi) is 5.24. The molecule has 1 fully saturated rings. The van der Waals surface area contributed by atoms with Crippen LogP contribution in [0.3, 0.4) is 0 Å². The molecule has 2 heterocycles. The van der Waals surface area contributed by atoms with Gasteiger partial charge >= 0.3 is 16.1 Å². The van der Waals surface area contributed by atoms with E-state index >= 15 is 0 Å². The Bertz CT molecular complexity index is 793. The highest BCUT2D eigenvalue weighted by atomic mass is 32.2. The fraction of sp³-hybridized carbons (Fsp3) is 0.250. The Morgan fingerprint density at radius 2 is 2.13 bits per heavy atom. The van der Waals surface area contributed by atoms with Crippen LogP contribution in [-0.2, 0) is 19.7 Å². The first-order chi connectivity index (χ1) is 10.7. The Morgan fingerprint density at radius 1 is 1.43 bits per heavy atom. The average Bonchev–Trinajstić information content (AvgIpc) is 2.99. The van der Waals surface area contributed by atoms with E-state index in [1.54, 1.807) is 0 Å². The van der Waals surface area contributed by atoms with E-state index in [1.165, 1.54) is 17.0 Å². The van der Waals surface area contributed by atoms with Crippen LogP contribution in [0.2, 0.25) is 0 Å². The molecule has 8 nitrogen and oxygen atoms in total. The number of aliphatic carboxylic acids is 1. The number of furan rings is 1. The summed E-state index contributed by atoms with van der Waals surface area (Å²) < 4.78 is 35.9. The van der Waals surface area contributed by atoms with Crippen LogP contribution in [0.25, 0.3) is 6.08 Å². The number of carbonyl (C=O) groups excluding carboxylic acids is 1. The summed E-state index contributed by atoms with van der Waals surface area (Å²) in [7, 11) is -4.45. The fourth-order valence-electron chi connectivity index (χ4n) is 1.76. The van der Waals surface area contributed by atoms with Gasteiger partial charge in [-0.05, 0) is 18.6 Å². The predicted octanol–water partition coefficient (Wildman–Crippen LogP) is 1.59. The number of hydrogen-bond acceptors (Lipinski definition) is 7. The van der Waals surface area contributed by atoms with Crippen molar-refractivity contribution < 1.29 is 32.1 Å². The smallest absolute Gasteiger partial charge is 0.328 e. The molecule has 23 heavy (non-hydrogen) atoms. The zero-order chi connectivity index (χ0) is 17.2. The summed E-state index contributed by atoms with van der Waals surface area (Å²) in [6.45, 7) is 0.183. The number of hydrogen-bond donors (Lipinski definition) is 2. The van der Waals surface area contributed by atoms with E-state index in [1.807, 2.05) is 0 Å². The highest BCUT2D eigenvalue weighted by Gasteiger charge is 2.32. The van der Waals surface area contributed by atoms with Crippen LogP contribution in [0.15, 0.2) is 26.5 Å². The number of amides is 1. The van der Waals surface area contributed by atoms with Crippen LogP contribution in [-0.4, -0.2) is 45.7 Å². The highest BCUT2D eigenvalue weighted by Crippen LogP contribution is 2.33. The molecule has 2 rings (SSSR count). The molecule has 0 aromatic carbocycles. The SMILES string of the molecule is O=C(O)CCCN1C(=O)/C(=C\c2ccc(S(=O)(=O)O)o2)SC1=S. The second kappa shape index (κ2) is 6.83. The van der Waals surface area contributed by atoms with Crippen molar-refractivity contribution in [1.29, 1.82) is 0 Å². The zero-order valence-electron chi connectivity index (χ0n) is 11.5.